The largest absolute Gasteiger partial charge is 0.444 e. The van der Waals surface area contributed by atoms with Crippen LogP contribution in [0.25, 0.3) is 33.8 Å². The molecule has 0 spiro atoms. The fraction of sp³-hybridized carbons (Fsp3) is 0.324. The summed E-state index contributed by atoms with van der Waals surface area (Å²) in [7, 11) is 0. The summed E-state index contributed by atoms with van der Waals surface area (Å²) in [4.78, 5) is 25.4. The summed E-state index contributed by atoms with van der Waals surface area (Å²) < 4.78 is 6.17. The van der Waals surface area contributed by atoms with E-state index in [0.717, 1.165) is 65.1 Å². The summed E-state index contributed by atoms with van der Waals surface area (Å²) in [6.45, 7) is 7.68. The van der Waals surface area contributed by atoms with Gasteiger partial charge in [-0.15, -0.1) is 0 Å². The highest BCUT2D eigenvalue weighted by Crippen LogP contribution is 2.49. The molecule has 0 aliphatic carbocycles. The Balaban J connectivity index is 1.54. The van der Waals surface area contributed by atoms with Crippen LogP contribution in [0.2, 0.25) is 0 Å². The maximum Gasteiger partial charge on any atom is 0.325 e. The molecule has 0 N–H and O–H groups in total. The fourth-order valence-corrected chi connectivity index (χ4v) is 6.17. The van der Waals surface area contributed by atoms with Gasteiger partial charge in [-0.3, -0.25) is 14.7 Å². The first-order valence-electron chi connectivity index (χ1n) is 14.0. The van der Waals surface area contributed by atoms with Gasteiger partial charge in [0.05, 0.1) is 23.3 Å². The number of nitrogens with zero attached hydrogens (tertiary/aromatic N) is 3. The van der Waals surface area contributed by atoms with Crippen LogP contribution in [0.3, 0.4) is 0 Å². The van der Waals surface area contributed by atoms with Crippen molar-refractivity contribution in [1.29, 1.82) is 0 Å². The predicted molar refractivity (Wildman–Crippen MR) is 155 cm³/mol. The normalized spacial score (nSPS) is 20.0. The van der Waals surface area contributed by atoms with Gasteiger partial charge in [0.1, 0.15) is 6.04 Å². The molecule has 6 rings (SSSR count). The third-order valence-electron chi connectivity index (χ3n) is 8.61. The topological polar surface area (TPSA) is 55.3 Å². The van der Waals surface area contributed by atoms with Gasteiger partial charge in [-0.2, -0.15) is 0 Å². The lowest BCUT2D eigenvalue weighted by molar-refractivity contribution is -0.145. The highest BCUT2D eigenvalue weighted by molar-refractivity contribution is 5.82. The molecule has 2 fully saturated rings. The molecule has 3 aromatic carbocycles. The van der Waals surface area contributed by atoms with Crippen LogP contribution in [0.5, 0.6) is 0 Å². The second-order valence-corrected chi connectivity index (χ2v) is 11.3. The summed E-state index contributed by atoms with van der Waals surface area (Å²) in [5.41, 5.74) is 6.64. The summed E-state index contributed by atoms with van der Waals surface area (Å²) in [5, 5.41) is 0. The molecule has 5 heteroatoms. The van der Waals surface area contributed by atoms with Crippen molar-refractivity contribution < 1.29 is 9.53 Å². The molecule has 2 aliphatic rings. The fourth-order valence-electron chi connectivity index (χ4n) is 6.17. The molecule has 198 valence electrons. The van der Waals surface area contributed by atoms with Gasteiger partial charge in [0.15, 0.2) is 6.23 Å². The van der Waals surface area contributed by atoms with Crippen LogP contribution in [-0.4, -0.2) is 39.7 Å². The van der Waals surface area contributed by atoms with Crippen LogP contribution in [0.1, 0.15) is 51.5 Å². The van der Waals surface area contributed by atoms with Crippen molar-refractivity contribution in [2.24, 2.45) is 5.41 Å². The Morgan fingerprint density at radius 1 is 0.923 bits per heavy atom. The lowest BCUT2D eigenvalue weighted by atomic mass is 9.70. The maximum absolute atomic E-state index is 12.9. The van der Waals surface area contributed by atoms with Crippen molar-refractivity contribution in [3.63, 3.8) is 0 Å². The van der Waals surface area contributed by atoms with E-state index in [9.17, 15) is 4.79 Å². The smallest absolute Gasteiger partial charge is 0.325 e. The Bertz CT molecular complexity index is 1470. The van der Waals surface area contributed by atoms with Crippen molar-refractivity contribution in [2.45, 2.75) is 58.2 Å². The standard InChI is InChI=1S/C34H35N3O2/c1-4-34(2,3)29(32-37-21-13-20-28(37)33(38)39-32)25-18-11-12-19-26(25)31-30(24-16-9-6-10-17-24)36-27(22-35-31)23-14-7-5-8-15-23/h5-12,14-19,22,28-29,32H,4,13,20-21H2,1-3H3/t28?,29?,32-/m1/s1. The molecule has 0 radical (unpaired) electrons. The van der Waals surface area contributed by atoms with E-state index < -0.39 is 0 Å². The number of ether oxygens (including phenoxy) is 1. The van der Waals surface area contributed by atoms with E-state index in [1.165, 1.54) is 0 Å². The number of esters is 1. The molecular weight excluding hydrogens is 482 g/mol. The first kappa shape index (κ1) is 25.4. The zero-order valence-electron chi connectivity index (χ0n) is 22.9. The van der Waals surface area contributed by atoms with Gasteiger partial charge in [0, 0.05) is 29.2 Å². The molecule has 5 nitrogen and oxygen atoms in total. The molecule has 2 unspecified atom stereocenters. The van der Waals surface area contributed by atoms with Gasteiger partial charge in [-0.05, 0) is 23.8 Å². The monoisotopic (exact) mass is 517 g/mol. The van der Waals surface area contributed by atoms with Gasteiger partial charge >= 0.3 is 5.97 Å². The van der Waals surface area contributed by atoms with Gasteiger partial charge in [-0.25, -0.2) is 4.98 Å². The highest BCUT2D eigenvalue weighted by atomic mass is 16.6. The molecule has 3 atom stereocenters. The number of rotatable bonds is 7. The molecule has 0 saturated carbocycles. The van der Waals surface area contributed by atoms with E-state index in [1.807, 2.05) is 42.6 Å². The quantitative estimate of drug-likeness (QED) is 0.240. The summed E-state index contributed by atoms with van der Waals surface area (Å²) in [5.74, 6) is -0.103. The van der Waals surface area contributed by atoms with E-state index in [0.29, 0.717) is 0 Å². The number of hydrogen-bond donors (Lipinski definition) is 0. The maximum atomic E-state index is 12.9. The van der Waals surface area contributed by atoms with Crippen LogP contribution in [-0.2, 0) is 9.53 Å². The Morgan fingerprint density at radius 3 is 2.31 bits per heavy atom. The van der Waals surface area contributed by atoms with Gasteiger partial charge in [-0.1, -0.05) is 112 Å². The third kappa shape index (κ3) is 4.65. The minimum Gasteiger partial charge on any atom is -0.444 e. The van der Waals surface area contributed by atoms with Crippen LogP contribution >= 0.6 is 0 Å². The molecule has 0 amide bonds. The summed E-state index contributed by atoms with van der Waals surface area (Å²) >= 11 is 0. The third-order valence-corrected chi connectivity index (χ3v) is 8.61. The summed E-state index contributed by atoms with van der Waals surface area (Å²) in [6, 6.07) is 28.8. The number of fused-ring (bicyclic) bond motifs is 1. The van der Waals surface area contributed by atoms with Gasteiger partial charge < -0.3 is 4.74 Å². The molecule has 39 heavy (non-hydrogen) atoms. The number of carbonyl (C=O) groups excluding carboxylic acids is 1. The first-order chi connectivity index (χ1) is 19.0. The van der Waals surface area contributed by atoms with Gasteiger partial charge in [0.25, 0.3) is 0 Å². The highest BCUT2D eigenvalue weighted by Gasteiger charge is 2.52. The zero-order valence-corrected chi connectivity index (χ0v) is 22.9. The second kappa shape index (κ2) is 10.4. The van der Waals surface area contributed by atoms with Crippen LogP contribution in [0.4, 0.5) is 0 Å². The molecule has 4 aromatic rings. The van der Waals surface area contributed by atoms with Crippen LogP contribution in [0, 0.1) is 5.41 Å². The van der Waals surface area contributed by atoms with Crippen molar-refractivity contribution in [2.75, 3.05) is 6.54 Å². The van der Waals surface area contributed by atoms with E-state index in [-0.39, 0.29) is 29.6 Å². The average Bonchev–Trinajstić information content (AvgIpc) is 3.58. The second-order valence-electron chi connectivity index (χ2n) is 11.3. The van der Waals surface area contributed by atoms with E-state index in [1.54, 1.807) is 0 Å². The van der Waals surface area contributed by atoms with Crippen molar-refractivity contribution in [3.8, 4) is 33.8 Å². The Labute approximate surface area is 230 Å². The van der Waals surface area contributed by atoms with E-state index in [2.05, 4.69) is 74.2 Å². The number of hydrogen-bond acceptors (Lipinski definition) is 5. The number of benzene rings is 3. The van der Waals surface area contributed by atoms with Gasteiger partial charge in [0.2, 0.25) is 0 Å². The average molecular weight is 518 g/mol. The molecule has 0 bridgehead atoms. The lowest BCUT2D eigenvalue weighted by Crippen LogP contribution is -2.42. The van der Waals surface area contributed by atoms with E-state index in [4.69, 9.17) is 14.7 Å². The van der Waals surface area contributed by atoms with Crippen LogP contribution < -0.4 is 0 Å². The number of cyclic esters (lactones) is 1. The minimum absolute atomic E-state index is 0.0232. The van der Waals surface area contributed by atoms with E-state index >= 15 is 0 Å². The molecule has 3 heterocycles. The molecular formula is C34H35N3O2. The van der Waals surface area contributed by atoms with Crippen molar-refractivity contribution in [1.82, 2.24) is 14.9 Å². The number of carbonyl (C=O) groups is 1. The molecule has 1 aromatic heterocycles. The van der Waals surface area contributed by atoms with Crippen LogP contribution in [0.15, 0.2) is 91.1 Å². The van der Waals surface area contributed by atoms with Crippen molar-refractivity contribution in [3.05, 3.63) is 96.7 Å². The number of aromatic nitrogens is 2. The SMILES string of the molecule is CCC(C)(C)C(c1ccccc1-c1ncc(-c2ccccc2)nc1-c1ccccc1)[C@H]1OC(=O)C2CCCN21. The Morgan fingerprint density at radius 2 is 1.59 bits per heavy atom. The Kier molecular flexibility index (Phi) is 6.78. The molecule has 2 aliphatic heterocycles. The lowest BCUT2D eigenvalue weighted by Gasteiger charge is -2.40. The molecule has 2 saturated heterocycles. The summed E-state index contributed by atoms with van der Waals surface area (Å²) in [6.07, 6.45) is 4.43. The first-order valence-corrected chi connectivity index (χ1v) is 14.0. The predicted octanol–water partition coefficient (Wildman–Crippen LogP) is 7.34. The Hall–Kier alpha value is -3.83. The minimum atomic E-state index is -0.294. The zero-order chi connectivity index (χ0) is 27.0. The van der Waals surface area contributed by atoms with Crippen molar-refractivity contribution >= 4 is 5.97 Å².